The van der Waals surface area contributed by atoms with Gasteiger partial charge >= 0.3 is 0 Å². The standard InChI is InChI=1S/C32H33NO4/c1-36-30-16-15-26(22-31(30)37-2)29(34)12-7-19-33(35)20-17-25(18-21-33)32-27-10-5-3-8-23(27)13-14-24-9-4-6-11-28(24)32/h3-6,8-11,13-16,22H,7,12,17-21H2,1-2H3. The van der Waals surface area contributed by atoms with Crippen molar-refractivity contribution >= 4 is 23.5 Å². The summed E-state index contributed by atoms with van der Waals surface area (Å²) in [5, 5.41) is 13.6. The lowest BCUT2D eigenvalue weighted by Gasteiger charge is -2.46. The summed E-state index contributed by atoms with van der Waals surface area (Å²) in [4.78, 5) is 12.8. The third-order valence-corrected chi connectivity index (χ3v) is 7.57. The minimum absolute atomic E-state index is 0.0199. The van der Waals surface area contributed by atoms with Crippen LogP contribution in [-0.4, -0.2) is 44.3 Å². The van der Waals surface area contributed by atoms with Gasteiger partial charge in [0, 0.05) is 31.2 Å². The maximum absolute atomic E-state index is 13.6. The topological polar surface area (TPSA) is 58.6 Å². The van der Waals surface area contributed by atoms with Crippen LogP contribution >= 0.6 is 0 Å². The second-order valence-corrected chi connectivity index (χ2v) is 9.81. The molecule has 1 aliphatic heterocycles. The molecular weight excluding hydrogens is 462 g/mol. The molecule has 1 fully saturated rings. The van der Waals surface area contributed by atoms with E-state index in [-0.39, 0.29) is 10.4 Å². The lowest BCUT2D eigenvalue weighted by molar-refractivity contribution is -0.883. The predicted molar refractivity (Wildman–Crippen MR) is 148 cm³/mol. The fourth-order valence-corrected chi connectivity index (χ4v) is 5.52. The first kappa shape index (κ1) is 25.0. The molecule has 0 atom stereocenters. The molecule has 1 saturated heterocycles. The zero-order valence-corrected chi connectivity index (χ0v) is 21.5. The first-order valence-electron chi connectivity index (χ1n) is 12.9. The van der Waals surface area contributed by atoms with E-state index in [4.69, 9.17) is 9.47 Å². The number of piperidine rings is 1. The summed E-state index contributed by atoms with van der Waals surface area (Å²) in [7, 11) is 3.13. The highest BCUT2D eigenvalue weighted by Gasteiger charge is 2.27. The van der Waals surface area contributed by atoms with Crippen LogP contribution in [0, 0.1) is 5.21 Å². The smallest absolute Gasteiger partial charge is 0.163 e. The molecule has 0 saturated carbocycles. The summed E-state index contributed by atoms with van der Waals surface area (Å²) in [6.07, 6.45) is 6.83. The van der Waals surface area contributed by atoms with Crippen LogP contribution in [0.15, 0.2) is 72.3 Å². The van der Waals surface area contributed by atoms with E-state index in [1.54, 1.807) is 32.4 Å². The zero-order chi connectivity index (χ0) is 25.8. The Morgan fingerprint density at radius 3 is 2.03 bits per heavy atom. The van der Waals surface area contributed by atoms with Gasteiger partial charge < -0.3 is 19.3 Å². The average Bonchev–Trinajstić information content (AvgIpc) is 3.10. The van der Waals surface area contributed by atoms with Crippen LogP contribution in [0.25, 0.3) is 17.7 Å². The molecule has 190 valence electrons. The molecule has 0 amide bonds. The fraction of sp³-hybridized carbons (Fsp3) is 0.281. The number of hydrogen-bond donors (Lipinski definition) is 0. The van der Waals surface area contributed by atoms with Crippen LogP contribution in [0.2, 0.25) is 0 Å². The van der Waals surface area contributed by atoms with Crippen molar-refractivity contribution in [1.29, 1.82) is 0 Å². The SMILES string of the molecule is COc1ccc(C(=O)CCC[N+]2([O-])CCC(=C3c4ccccc4C=Cc4ccccc43)CC2)cc1OC. The molecule has 3 aromatic rings. The summed E-state index contributed by atoms with van der Waals surface area (Å²) >= 11 is 0. The van der Waals surface area contributed by atoms with Gasteiger partial charge in [-0.15, -0.1) is 0 Å². The molecule has 5 rings (SSSR count). The van der Waals surface area contributed by atoms with Crippen LogP contribution in [0.4, 0.5) is 0 Å². The molecule has 0 radical (unpaired) electrons. The maximum atomic E-state index is 13.6. The third kappa shape index (κ3) is 5.24. The van der Waals surface area contributed by atoms with E-state index in [1.165, 1.54) is 33.4 Å². The van der Waals surface area contributed by atoms with Crippen molar-refractivity contribution in [2.45, 2.75) is 25.7 Å². The number of carbonyl (C=O) groups excluding carboxylic acids is 1. The Morgan fingerprint density at radius 2 is 1.43 bits per heavy atom. The third-order valence-electron chi connectivity index (χ3n) is 7.57. The molecule has 0 unspecified atom stereocenters. The Morgan fingerprint density at radius 1 is 0.838 bits per heavy atom. The molecule has 1 aliphatic carbocycles. The molecular formula is C32H33NO4. The van der Waals surface area contributed by atoms with Crippen molar-refractivity contribution in [2.75, 3.05) is 33.9 Å². The molecule has 37 heavy (non-hydrogen) atoms. The summed E-state index contributed by atoms with van der Waals surface area (Å²) in [6.45, 7) is 1.54. The van der Waals surface area contributed by atoms with Crippen LogP contribution in [0.3, 0.4) is 0 Å². The van der Waals surface area contributed by atoms with Gasteiger partial charge in [0.25, 0.3) is 0 Å². The number of fused-ring (bicyclic) bond motifs is 2. The first-order valence-corrected chi connectivity index (χ1v) is 12.9. The van der Waals surface area contributed by atoms with Gasteiger partial charge in [0.2, 0.25) is 0 Å². The summed E-state index contributed by atoms with van der Waals surface area (Å²) in [6, 6.07) is 22.2. The number of nitrogens with zero attached hydrogens (tertiary/aromatic N) is 1. The normalized spacial score (nSPS) is 18.6. The summed E-state index contributed by atoms with van der Waals surface area (Å²) in [5.74, 6) is 1.15. The van der Waals surface area contributed by atoms with Crippen molar-refractivity contribution in [1.82, 2.24) is 0 Å². The number of carbonyl (C=O) groups is 1. The van der Waals surface area contributed by atoms with Crippen molar-refractivity contribution in [2.24, 2.45) is 0 Å². The highest BCUT2D eigenvalue weighted by Crippen LogP contribution is 2.39. The van der Waals surface area contributed by atoms with Gasteiger partial charge in [0.1, 0.15) is 0 Å². The molecule has 3 aromatic carbocycles. The monoisotopic (exact) mass is 495 g/mol. The molecule has 0 spiro atoms. The van der Waals surface area contributed by atoms with Gasteiger partial charge in [-0.1, -0.05) is 66.3 Å². The number of ketones is 1. The van der Waals surface area contributed by atoms with E-state index in [2.05, 4.69) is 60.7 Å². The van der Waals surface area contributed by atoms with Gasteiger partial charge in [-0.2, -0.15) is 0 Å². The molecule has 2 aliphatic rings. The van der Waals surface area contributed by atoms with Gasteiger partial charge in [-0.25, -0.2) is 0 Å². The Hall–Kier alpha value is -3.67. The lowest BCUT2D eigenvalue weighted by atomic mass is 9.86. The second kappa shape index (κ2) is 10.8. The minimum Gasteiger partial charge on any atom is -0.633 e. The number of hydrogen-bond acceptors (Lipinski definition) is 4. The Labute approximate surface area is 218 Å². The summed E-state index contributed by atoms with van der Waals surface area (Å²) in [5.41, 5.74) is 8.13. The van der Waals surface area contributed by atoms with Crippen molar-refractivity contribution in [3.8, 4) is 11.5 Å². The van der Waals surface area contributed by atoms with E-state index in [0.717, 1.165) is 12.8 Å². The predicted octanol–water partition coefficient (Wildman–Crippen LogP) is 6.76. The van der Waals surface area contributed by atoms with Crippen LogP contribution < -0.4 is 9.47 Å². The first-order chi connectivity index (χ1) is 18.0. The van der Waals surface area contributed by atoms with E-state index in [9.17, 15) is 10.0 Å². The van der Waals surface area contributed by atoms with E-state index in [0.29, 0.717) is 49.5 Å². The molecule has 1 heterocycles. The van der Waals surface area contributed by atoms with Gasteiger partial charge in [0.05, 0.1) is 33.9 Å². The zero-order valence-electron chi connectivity index (χ0n) is 21.5. The number of Topliss-reactive ketones (excluding diaryl/α,β-unsaturated/α-hetero) is 1. The fourth-order valence-electron chi connectivity index (χ4n) is 5.52. The Kier molecular flexibility index (Phi) is 7.26. The van der Waals surface area contributed by atoms with E-state index >= 15 is 0 Å². The molecule has 5 nitrogen and oxygen atoms in total. The van der Waals surface area contributed by atoms with Gasteiger partial charge in [-0.3, -0.25) is 4.79 Å². The van der Waals surface area contributed by atoms with Gasteiger partial charge in [-0.05, 0) is 46.0 Å². The Balaban J connectivity index is 1.28. The van der Waals surface area contributed by atoms with E-state index in [1.807, 2.05) is 0 Å². The number of rotatable bonds is 7. The highest BCUT2D eigenvalue weighted by molar-refractivity contribution is 5.97. The van der Waals surface area contributed by atoms with Crippen molar-refractivity contribution in [3.05, 3.63) is 105 Å². The number of likely N-dealkylation sites (tertiary alicyclic amines) is 1. The van der Waals surface area contributed by atoms with E-state index < -0.39 is 0 Å². The van der Waals surface area contributed by atoms with Crippen LogP contribution in [-0.2, 0) is 0 Å². The number of benzene rings is 3. The van der Waals surface area contributed by atoms with Crippen molar-refractivity contribution in [3.63, 3.8) is 0 Å². The van der Waals surface area contributed by atoms with Crippen LogP contribution in [0.5, 0.6) is 11.5 Å². The number of methoxy groups -OCH3 is 2. The number of ether oxygens (including phenoxy) is 2. The molecule has 0 aromatic heterocycles. The molecule has 5 heteroatoms. The number of hydroxylamine groups is 3. The molecule has 0 bridgehead atoms. The Bertz CT molecular complexity index is 1310. The quantitative estimate of drug-likeness (QED) is 0.161. The maximum Gasteiger partial charge on any atom is 0.163 e. The number of quaternary nitrogens is 1. The highest BCUT2D eigenvalue weighted by atomic mass is 16.5. The minimum atomic E-state index is -0.239. The summed E-state index contributed by atoms with van der Waals surface area (Å²) < 4.78 is 10.3. The van der Waals surface area contributed by atoms with Crippen LogP contribution in [0.1, 0.15) is 58.3 Å². The van der Waals surface area contributed by atoms with Crippen molar-refractivity contribution < 1.29 is 18.9 Å². The lowest BCUT2D eigenvalue weighted by Crippen LogP contribution is -2.47. The second-order valence-electron chi connectivity index (χ2n) is 9.81. The average molecular weight is 496 g/mol. The molecule has 0 N–H and O–H groups in total. The van der Waals surface area contributed by atoms with Gasteiger partial charge in [0.15, 0.2) is 17.3 Å². The largest absolute Gasteiger partial charge is 0.633 e.